The molecule has 37 heavy (non-hydrogen) atoms. The Bertz CT molecular complexity index is 954. The fourth-order valence-corrected chi connectivity index (χ4v) is 2.95. The molecule has 0 saturated carbocycles. The van der Waals surface area contributed by atoms with E-state index in [0.29, 0.717) is 12.8 Å². The molecule has 2 unspecified atom stereocenters. The molecule has 1 heterocycles. The predicted octanol–water partition coefficient (Wildman–Crippen LogP) is 6.03. The number of nitrogens with one attached hydrogen (secondary N) is 1. The SMILES string of the molecule is CCC=CCC=CCC=CCC=CCC=CCCCC(=O)NC(F)C(OC(=O)c1cccnc1)C(=O)O. The number of pyridine rings is 1. The average molecular weight is 513 g/mol. The Kier molecular flexibility index (Phi) is 17.2. The summed E-state index contributed by atoms with van der Waals surface area (Å²) in [6.45, 7) is 2.12. The van der Waals surface area contributed by atoms with Crippen molar-refractivity contribution < 1.29 is 28.6 Å². The van der Waals surface area contributed by atoms with Crippen molar-refractivity contribution in [2.45, 2.75) is 70.7 Å². The molecule has 0 aliphatic carbocycles. The van der Waals surface area contributed by atoms with Crippen LogP contribution in [0.25, 0.3) is 0 Å². The summed E-state index contributed by atoms with van der Waals surface area (Å²) < 4.78 is 19.0. The number of unbranched alkanes of at least 4 members (excludes halogenated alkanes) is 1. The first-order valence-corrected chi connectivity index (χ1v) is 12.5. The fourth-order valence-electron chi connectivity index (χ4n) is 2.95. The summed E-state index contributed by atoms with van der Waals surface area (Å²) in [5.41, 5.74) is -0.0238. The molecular formula is C29H37FN2O5. The van der Waals surface area contributed by atoms with Crippen molar-refractivity contribution in [1.82, 2.24) is 10.3 Å². The Morgan fingerprint density at radius 2 is 1.54 bits per heavy atom. The van der Waals surface area contributed by atoms with Crippen LogP contribution < -0.4 is 5.32 Å². The van der Waals surface area contributed by atoms with Gasteiger partial charge in [0, 0.05) is 18.8 Å². The minimum Gasteiger partial charge on any atom is -0.478 e. The topological polar surface area (TPSA) is 106 Å². The molecule has 1 aromatic heterocycles. The van der Waals surface area contributed by atoms with E-state index in [4.69, 9.17) is 4.74 Å². The van der Waals surface area contributed by atoms with Crippen LogP contribution in [0.15, 0.2) is 85.3 Å². The molecule has 1 amide bonds. The maximum absolute atomic E-state index is 14.3. The third-order valence-corrected chi connectivity index (χ3v) is 4.87. The smallest absolute Gasteiger partial charge is 0.350 e. The molecule has 0 saturated heterocycles. The summed E-state index contributed by atoms with van der Waals surface area (Å²) in [6, 6.07) is 2.81. The normalized spacial score (nSPS) is 13.7. The lowest BCUT2D eigenvalue weighted by Crippen LogP contribution is -2.46. The number of aliphatic carboxylic acids is 1. The van der Waals surface area contributed by atoms with E-state index in [-0.39, 0.29) is 12.0 Å². The lowest BCUT2D eigenvalue weighted by atomic mass is 10.2. The van der Waals surface area contributed by atoms with Gasteiger partial charge in [-0.05, 0) is 57.1 Å². The number of carbonyl (C=O) groups excluding carboxylic acids is 2. The molecule has 200 valence electrons. The van der Waals surface area contributed by atoms with E-state index in [2.05, 4.69) is 60.5 Å². The number of allylic oxidation sites excluding steroid dienone is 10. The number of hydrogen-bond donors (Lipinski definition) is 2. The lowest BCUT2D eigenvalue weighted by molar-refractivity contribution is -0.152. The van der Waals surface area contributed by atoms with E-state index in [1.54, 1.807) is 0 Å². The number of halogens is 1. The highest BCUT2D eigenvalue weighted by Crippen LogP contribution is 2.09. The molecule has 1 aromatic rings. The van der Waals surface area contributed by atoms with Crippen molar-refractivity contribution in [3.63, 3.8) is 0 Å². The van der Waals surface area contributed by atoms with Gasteiger partial charge in [0.15, 0.2) is 0 Å². The number of hydrogen-bond acceptors (Lipinski definition) is 5. The monoisotopic (exact) mass is 512 g/mol. The molecular weight excluding hydrogens is 475 g/mol. The molecule has 0 fully saturated rings. The van der Waals surface area contributed by atoms with Crippen molar-refractivity contribution in [3.8, 4) is 0 Å². The maximum Gasteiger partial charge on any atom is 0.350 e. The number of nitrogens with zero attached hydrogens (tertiary/aromatic N) is 1. The number of alkyl halides is 1. The van der Waals surface area contributed by atoms with Gasteiger partial charge in [-0.1, -0.05) is 67.7 Å². The molecule has 0 bridgehead atoms. The van der Waals surface area contributed by atoms with Crippen LogP contribution in [0, 0.1) is 0 Å². The summed E-state index contributed by atoms with van der Waals surface area (Å²) in [5.74, 6) is -3.41. The van der Waals surface area contributed by atoms with Crippen molar-refractivity contribution in [2.75, 3.05) is 0 Å². The quantitative estimate of drug-likeness (QED) is 0.108. The number of carbonyl (C=O) groups is 3. The molecule has 1 rings (SSSR count). The summed E-state index contributed by atoms with van der Waals surface area (Å²) in [6.07, 6.45) is 24.7. The van der Waals surface area contributed by atoms with Crippen LogP contribution in [0.1, 0.15) is 68.6 Å². The van der Waals surface area contributed by atoms with Gasteiger partial charge >= 0.3 is 11.9 Å². The Labute approximate surface area is 218 Å². The van der Waals surface area contributed by atoms with E-state index >= 15 is 0 Å². The second-order valence-electron chi connectivity index (χ2n) is 7.98. The number of aromatic nitrogens is 1. The third-order valence-electron chi connectivity index (χ3n) is 4.87. The Morgan fingerprint density at radius 1 is 0.973 bits per heavy atom. The van der Waals surface area contributed by atoms with Gasteiger partial charge in [0.1, 0.15) is 0 Å². The fraction of sp³-hybridized carbons (Fsp3) is 0.379. The van der Waals surface area contributed by atoms with Crippen molar-refractivity contribution in [1.29, 1.82) is 0 Å². The van der Waals surface area contributed by atoms with Gasteiger partial charge in [-0.15, -0.1) is 0 Å². The van der Waals surface area contributed by atoms with Gasteiger partial charge in [0.2, 0.25) is 18.3 Å². The molecule has 0 aromatic carbocycles. The van der Waals surface area contributed by atoms with Crippen LogP contribution >= 0.6 is 0 Å². The van der Waals surface area contributed by atoms with Gasteiger partial charge in [0.25, 0.3) is 0 Å². The van der Waals surface area contributed by atoms with Crippen molar-refractivity contribution in [2.24, 2.45) is 0 Å². The third kappa shape index (κ3) is 15.7. The van der Waals surface area contributed by atoms with E-state index in [1.807, 2.05) is 17.5 Å². The lowest BCUT2D eigenvalue weighted by Gasteiger charge is -2.18. The standard InChI is InChI=1S/C29H37FN2O5/c1-2-3-4-5-6-7-8-9-10-11-12-13-14-15-16-17-18-21-25(33)32-27(30)26(28(34)35)37-29(36)24-20-19-22-31-23-24/h3-4,6-7,9-10,12-13,15-16,19-20,22-23,26-27H,2,5,8,11,14,17-18,21H2,1H3,(H,32,33)(H,34,35). The molecule has 8 heteroatoms. The predicted molar refractivity (Wildman–Crippen MR) is 142 cm³/mol. The van der Waals surface area contributed by atoms with Crippen molar-refractivity contribution >= 4 is 17.8 Å². The van der Waals surface area contributed by atoms with Gasteiger partial charge in [-0.3, -0.25) is 9.78 Å². The molecule has 0 radical (unpaired) electrons. The number of rotatable bonds is 18. The molecule has 2 N–H and O–H groups in total. The average Bonchev–Trinajstić information content (AvgIpc) is 2.89. The van der Waals surface area contributed by atoms with Crippen LogP contribution in [-0.4, -0.2) is 40.3 Å². The van der Waals surface area contributed by atoms with Crippen LogP contribution in [0.3, 0.4) is 0 Å². The summed E-state index contributed by atoms with van der Waals surface area (Å²) in [4.78, 5) is 39.0. The van der Waals surface area contributed by atoms with E-state index < -0.39 is 30.2 Å². The second kappa shape index (κ2) is 20.4. The minimum atomic E-state index is -2.38. The van der Waals surface area contributed by atoms with Crippen LogP contribution in [0.2, 0.25) is 0 Å². The zero-order chi connectivity index (χ0) is 27.1. The largest absolute Gasteiger partial charge is 0.478 e. The van der Waals surface area contributed by atoms with E-state index in [1.165, 1.54) is 24.5 Å². The molecule has 2 atom stereocenters. The van der Waals surface area contributed by atoms with E-state index in [0.717, 1.165) is 32.1 Å². The highest BCUT2D eigenvalue weighted by Gasteiger charge is 2.33. The van der Waals surface area contributed by atoms with Crippen LogP contribution in [-0.2, 0) is 14.3 Å². The zero-order valence-corrected chi connectivity index (χ0v) is 21.3. The number of esters is 1. The number of carboxylic acids is 1. The van der Waals surface area contributed by atoms with E-state index in [9.17, 15) is 23.9 Å². The first-order chi connectivity index (χ1) is 18.0. The highest BCUT2D eigenvalue weighted by molar-refractivity contribution is 5.91. The van der Waals surface area contributed by atoms with Gasteiger partial charge in [-0.2, -0.15) is 0 Å². The number of carboxylic acid groups (broad SMARTS) is 1. The molecule has 7 nitrogen and oxygen atoms in total. The molecule has 0 aliphatic rings. The Balaban J connectivity index is 2.20. The van der Waals surface area contributed by atoms with Gasteiger partial charge in [-0.25, -0.2) is 14.0 Å². The van der Waals surface area contributed by atoms with Crippen LogP contribution in [0.5, 0.6) is 0 Å². The van der Waals surface area contributed by atoms with Gasteiger partial charge in [0.05, 0.1) is 5.56 Å². The zero-order valence-electron chi connectivity index (χ0n) is 21.3. The Morgan fingerprint density at radius 3 is 2.05 bits per heavy atom. The molecule has 0 aliphatic heterocycles. The van der Waals surface area contributed by atoms with Crippen LogP contribution in [0.4, 0.5) is 4.39 Å². The first-order valence-electron chi connectivity index (χ1n) is 12.5. The number of ether oxygens (including phenoxy) is 1. The minimum absolute atomic E-state index is 0.0115. The highest BCUT2D eigenvalue weighted by atomic mass is 19.1. The summed E-state index contributed by atoms with van der Waals surface area (Å²) >= 11 is 0. The maximum atomic E-state index is 14.3. The van der Waals surface area contributed by atoms with Gasteiger partial charge < -0.3 is 15.2 Å². The second-order valence-corrected chi connectivity index (χ2v) is 7.98. The van der Waals surface area contributed by atoms with Crippen molar-refractivity contribution in [3.05, 3.63) is 90.9 Å². The number of amides is 1. The first kappa shape index (κ1) is 31.2. The summed E-state index contributed by atoms with van der Waals surface area (Å²) in [5, 5.41) is 11.1. The summed E-state index contributed by atoms with van der Waals surface area (Å²) in [7, 11) is 0. The Hall–Kier alpha value is -3.81. The molecule has 0 spiro atoms.